The minimum absolute atomic E-state index is 0.150. The van der Waals surface area contributed by atoms with Gasteiger partial charge in [-0.15, -0.1) is 0 Å². The average Bonchev–Trinajstić information content (AvgIpc) is 2.32. The average molecular weight is 277 g/mol. The van der Waals surface area contributed by atoms with E-state index in [2.05, 4.69) is 24.3 Å². The van der Waals surface area contributed by atoms with Gasteiger partial charge in [0.25, 0.3) is 0 Å². The van der Waals surface area contributed by atoms with E-state index in [9.17, 15) is 0 Å². The van der Waals surface area contributed by atoms with Crippen LogP contribution in [-0.2, 0) is 0 Å². The summed E-state index contributed by atoms with van der Waals surface area (Å²) in [6, 6.07) is 6.92. The van der Waals surface area contributed by atoms with Gasteiger partial charge >= 0.3 is 0 Å². The second-order valence-corrected chi connectivity index (χ2v) is 6.11. The number of hydrogen-bond acceptors (Lipinski definition) is 4. The van der Waals surface area contributed by atoms with Crippen molar-refractivity contribution in [3.05, 3.63) is 18.2 Å². The molecule has 112 valence electrons. The Hall–Kier alpha value is -1.42. The van der Waals surface area contributed by atoms with Gasteiger partial charge in [0.05, 0.1) is 11.8 Å². The van der Waals surface area contributed by atoms with Gasteiger partial charge in [-0.2, -0.15) is 0 Å². The van der Waals surface area contributed by atoms with E-state index in [4.69, 9.17) is 10.5 Å². The van der Waals surface area contributed by atoms with Crippen molar-refractivity contribution >= 4 is 11.4 Å². The fraction of sp³-hybridized carbons (Fsp3) is 0.625. The highest BCUT2D eigenvalue weighted by molar-refractivity contribution is 5.58. The Morgan fingerprint density at radius 3 is 2.45 bits per heavy atom. The minimum Gasteiger partial charge on any atom is -0.491 e. The Morgan fingerprint density at radius 2 is 1.85 bits per heavy atom. The van der Waals surface area contributed by atoms with Crippen LogP contribution in [0.3, 0.4) is 0 Å². The molecule has 0 aromatic heterocycles. The molecule has 1 aromatic rings. The number of nitrogens with two attached hydrogens (primary N) is 1. The van der Waals surface area contributed by atoms with Crippen molar-refractivity contribution in [1.29, 1.82) is 0 Å². The second-order valence-electron chi connectivity index (χ2n) is 6.11. The van der Waals surface area contributed by atoms with Crippen molar-refractivity contribution in [3.8, 4) is 5.75 Å². The maximum Gasteiger partial charge on any atom is 0.123 e. The molecule has 0 amide bonds. The molecule has 20 heavy (non-hydrogen) atoms. The number of nitrogen functional groups attached to an aromatic ring is 1. The number of ether oxygens (including phenoxy) is 1. The third kappa shape index (κ3) is 3.79. The Morgan fingerprint density at radius 1 is 1.20 bits per heavy atom. The monoisotopic (exact) mass is 277 g/mol. The van der Waals surface area contributed by atoms with Crippen LogP contribution >= 0.6 is 0 Å². The predicted molar refractivity (Wildman–Crippen MR) is 84.9 cm³/mol. The van der Waals surface area contributed by atoms with Gasteiger partial charge in [0.2, 0.25) is 0 Å². The first-order valence-corrected chi connectivity index (χ1v) is 7.58. The van der Waals surface area contributed by atoms with E-state index in [0.29, 0.717) is 12.1 Å². The van der Waals surface area contributed by atoms with Crippen LogP contribution in [-0.4, -0.2) is 23.2 Å². The third-order valence-corrected chi connectivity index (χ3v) is 3.75. The highest BCUT2D eigenvalue weighted by atomic mass is 16.5. The van der Waals surface area contributed by atoms with Gasteiger partial charge in [-0.1, -0.05) is 6.42 Å². The van der Waals surface area contributed by atoms with E-state index in [1.807, 2.05) is 32.0 Å². The lowest BCUT2D eigenvalue weighted by atomic mass is 10.00. The lowest BCUT2D eigenvalue weighted by Gasteiger charge is -2.39. The normalized spacial score (nSPS) is 23.9. The maximum absolute atomic E-state index is 5.97. The van der Waals surface area contributed by atoms with Crippen LogP contribution in [0.5, 0.6) is 5.75 Å². The number of rotatable bonds is 4. The molecular weight excluding hydrogens is 250 g/mol. The highest BCUT2D eigenvalue weighted by Crippen LogP contribution is 2.27. The van der Waals surface area contributed by atoms with E-state index in [1.165, 1.54) is 19.3 Å². The van der Waals surface area contributed by atoms with Crippen LogP contribution in [0.25, 0.3) is 0 Å². The van der Waals surface area contributed by atoms with Gasteiger partial charge in [-0.3, -0.25) is 0 Å². The van der Waals surface area contributed by atoms with Crippen LogP contribution in [0.15, 0.2) is 18.2 Å². The van der Waals surface area contributed by atoms with Crippen molar-refractivity contribution in [2.75, 3.05) is 11.2 Å². The minimum atomic E-state index is 0.150. The molecule has 0 radical (unpaired) electrons. The first-order valence-electron chi connectivity index (χ1n) is 7.58. The Bertz CT molecular complexity index is 437. The molecule has 1 saturated heterocycles. The standard InChI is InChI=1S/C16H27N3O/c1-11(2)20-16-9-14(17)8-15(10-16)18-19-12(3)6-5-7-13(19)4/h8-13,18H,5-7,17H2,1-4H3. The van der Waals surface area contributed by atoms with Gasteiger partial charge in [-0.05, 0) is 46.6 Å². The van der Waals surface area contributed by atoms with Gasteiger partial charge in [0, 0.05) is 29.9 Å². The Balaban J connectivity index is 2.13. The molecule has 3 N–H and O–H groups in total. The van der Waals surface area contributed by atoms with Crippen molar-refractivity contribution in [1.82, 2.24) is 5.01 Å². The van der Waals surface area contributed by atoms with E-state index in [0.717, 1.165) is 17.1 Å². The molecule has 2 rings (SSSR count). The van der Waals surface area contributed by atoms with Gasteiger partial charge in [-0.25, -0.2) is 5.01 Å². The SMILES string of the molecule is CC(C)Oc1cc(N)cc(NN2C(C)CCCC2C)c1. The fourth-order valence-corrected chi connectivity index (χ4v) is 2.82. The van der Waals surface area contributed by atoms with E-state index < -0.39 is 0 Å². The van der Waals surface area contributed by atoms with E-state index in [-0.39, 0.29) is 6.10 Å². The summed E-state index contributed by atoms with van der Waals surface area (Å²) in [7, 11) is 0. The molecule has 4 heteroatoms. The summed E-state index contributed by atoms with van der Waals surface area (Å²) in [5, 5.41) is 2.33. The van der Waals surface area contributed by atoms with Crippen molar-refractivity contribution < 1.29 is 4.74 Å². The van der Waals surface area contributed by atoms with Crippen molar-refractivity contribution in [3.63, 3.8) is 0 Å². The van der Waals surface area contributed by atoms with Crippen LogP contribution in [0.4, 0.5) is 11.4 Å². The summed E-state index contributed by atoms with van der Waals surface area (Å²) in [6.07, 6.45) is 3.92. The zero-order valence-corrected chi connectivity index (χ0v) is 13.0. The molecule has 0 spiro atoms. The summed E-state index contributed by atoms with van der Waals surface area (Å²) < 4.78 is 5.74. The number of nitrogens with zero attached hydrogens (tertiary/aromatic N) is 1. The summed E-state index contributed by atoms with van der Waals surface area (Å²) in [5.41, 5.74) is 11.2. The molecule has 0 aliphatic carbocycles. The van der Waals surface area contributed by atoms with Gasteiger partial charge < -0.3 is 15.9 Å². The molecule has 0 bridgehead atoms. The van der Waals surface area contributed by atoms with Crippen molar-refractivity contribution in [2.24, 2.45) is 0 Å². The van der Waals surface area contributed by atoms with Gasteiger partial charge in [0.15, 0.2) is 0 Å². The van der Waals surface area contributed by atoms with Crippen LogP contribution in [0.1, 0.15) is 47.0 Å². The Kier molecular flexibility index (Phi) is 4.76. The first-order chi connectivity index (χ1) is 9.45. The summed E-state index contributed by atoms with van der Waals surface area (Å²) >= 11 is 0. The molecule has 1 aliphatic heterocycles. The molecule has 0 saturated carbocycles. The lowest BCUT2D eigenvalue weighted by molar-refractivity contribution is 0.135. The summed E-state index contributed by atoms with van der Waals surface area (Å²) in [5.74, 6) is 0.819. The lowest BCUT2D eigenvalue weighted by Crippen LogP contribution is -2.47. The number of hydrogen-bond donors (Lipinski definition) is 2. The molecule has 1 heterocycles. The summed E-state index contributed by atoms with van der Waals surface area (Å²) in [6.45, 7) is 8.57. The number of hydrazine groups is 1. The predicted octanol–water partition coefficient (Wildman–Crippen LogP) is 3.65. The van der Waals surface area contributed by atoms with Crippen LogP contribution < -0.4 is 15.9 Å². The highest BCUT2D eigenvalue weighted by Gasteiger charge is 2.24. The second kappa shape index (κ2) is 6.35. The molecular formula is C16H27N3O. The molecule has 4 nitrogen and oxygen atoms in total. The van der Waals surface area contributed by atoms with Crippen LogP contribution in [0, 0.1) is 0 Å². The number of benzene rings is 1. The number of anilines is 2. The van der Waals surface area contributed by atoms with E-state index in [1.54, 1.807) is 0 Å². The van der Waals surface area contributed by atoms with E-state index >= 15 is 0 Å². The maximum atomic E-state index is 5.97. The fourth-order valence-electron chi connectivity index (χ4n) is 2.82. The number of piperidine rings is 1. The summed E-state index contributed by atoms with van der Waals surface area (Å²) in [4.78, 5) is 0. The molecule has 1 aliphatic rings. The molecule has 1 fully saturated rings. The largest absolute Gasteiger partial charge is 0.491 e. The van der Waals surface area contributed by atoms with Crippen LogP contribution in [0.2, 0.25) is 0 Å². The Labute approximate surface area is 122 Å². The van der Waals surface area contributed by atoms with Crippen molar-refractivity contribution in [2.45, 2.75) is 65.1 Å². The van der Waals surface area contributed by atoms with Gasteiger partial charge in [0.1, 0.15) is 5.75 Å². The molecule has 2 atom stereocenters. The molecule has 2 unspecified atom stereocenters. The topological polar surface area (TPSA) is 50.5 Å². The number of nitrogens with one attached hydrogen (secondary N) is 1. The smallest absolute Gasteiger partial charge is 0.123 e. The zero-order valence-electron chi connectivity index (χ0n) is 13.0. The zero-order chi connectivity index (χ0) is 14.7. The molecule has 1 aromatic carbocycles. The first kappa shape index (κ1) is 15.0. The quantitative estimate of drug-likeness (QED) is 0.825. The third-order valence-electron chi connectivity index (χ3n) is 3.75.